The van der Waals surface area contributed by atoms with Gasteiger partial charge in [0.2, 0.25) is 11.8 Å². The average Bonchev–Trinajstić information content (AvgIpc) is 3.34. The number of carbonyl (C=O) groups excluding carboxylic acids is 3. The van der Waals surface area contributed by atoms with Crippen molar-refractivity contribution in [1.29, 1.82) is 5.26 Å². The maximum absolute atomic E-state index is 14.2. The van der Waals surface area contributed by atoms with E-state index in [0.29, 0.717) is 22.7 Å². The zero-order chi connectivity index (χ0) is 26.8. The van der Waals surface area contributed by atoms with E-state index in [1.54, 1.807) is 18.2 Å². The maximum Gasteiger partial charge on any atom is 0.268 e. The highest BCUT2D eigenvalue weighted by atomic mass is 35.5. The van der Waals surface area contributed by atoms with Crippen LogP contribution in [0.15, 0.2) is 36.4 Å². The fraction of sp³-hybridized carbons (Fsp3) is 0.333. The minimum Gasteiger partial charge on any atom is -0.350 e. The average molecular weight is 538 g/mol. The van der Waals surface area contributed by atoms with Crippen LogP contribution in [0.5, 0.6) is 0 Å². The number of rotatable bonds is 5. The molecule has 1 aliphatic carbocycles. The van der Waals surface area contributed by atoms with Gasteiger partial charge in [0.1, 0.15) is 29.4 Å². The van der Waals surface area contributed by atoms with Crippen LogP contribution in [-0.2, 0) is 15.0 Å². The number of halogens is 3. The molecule has 0 unspecified atom stereocenters. The number of anilines is 1. The Balaban J connectivity index is 1.28. The zero-order valence-corrected chi connectivity index (χ0v) is 20.7. The van der Waals surface area contributed by atoms with E-state index in [9.17, 15) is 28.4 Å². The Labute approximate surface area is 220 Å². The molecule has 6 rings (SSSR count). The Bertz CT molecular complexity index is 1560. The third kappa shape index (κ3) is 3.98. The molecule has 3 N–H and O–H groups in total. The van der Waals surface area contributed by atoms with Gasteiger partial charge in [-0.1, -0.05) is 24.4 Å². The molecule has 3 atom stereocenters. The van der Waals surface area contributed by atoms with Crippen molar-refractivity contribution in [2.45, 2.75) is 43.2 Å². The Morgan fingerprint density at radius 2 is 2.03 bits per heavy atom. The number of nitrogens with one attached hydrogen (secondary N) is 3. The lowest BCUT2D eigenvalue weighted by atomic mass is 9.80. The molecule has 0 bridgehead atoms. The number of carbonyl (C=O) groups is 3. The molecule has 3 aliphatic rings. The minimum atomic E-state index is -1.12. The molecule has 1 aromatic heterocycles. The third-order valence-electron chi connectivity index (χ3n) is 7.74. The van der Waals surface area contributed by atoms with E-state index < -0.39 is 40.9 Å². The molecular formula is C27H22ClF2N5O3. The molecule has 1 spiro atoms. The predicted octanol–water partition coefficient (Wildman–Crippen LogP) is 4.01. The summed E-state index contributed by atoms with van der Waals surface area (Å²) in [6.07, 6.45) is 2.29. The first-order valence-corrected chi connectivity index (χ1v) is 12.7. The van der Waals surface area contributed by atoms with Gasteiger partial charge in [-0.2, -0.15) is 5.26 Å². The van der Waals surface area contributed by atoms with Crippen molar-refractivity contribution in [3.8, 4) is 6.07 Å². The highest BCUT2D eigenvalue weighted by Gasteiger charge is 2.56. The number of nitrogens with zero attached hydrogens (tertiary/aromatic N) is 2. The predicted molar refractivity (Wildman–Crippen MR) is 134 cm³/mol. The van der Waals surface area contributed by atoms with E-state index in [0.717, 1.165) is 25.0 Å². The van der Waals surface area contributed by atoms with Crippen molar-refractivity contribution in [1.82, 2.24) is 15.2 Å². The Morgan fingerprint density at radius 3 is 2.76 bits per heavy atom. The van der Waals surface area contributed by atoms with Crippen LogP contribution in [0.3, 0.4) is 0 Å². The lowest BCUT2D eigenvalue weighted by Gasteiger charge is -2.27. The first-order valence-electron chi connectivity index (χ1n) is 12.3. The van der Waals surface area contributed by atoms with Crippen LogP contribution in [0.2, 0.25) is 5.02 Å². The largest absolute Gasteiger partial charge is 0.350 e. The number of nitriles is 1. The highest BCUT2D eigenvalue weighted by Crippen LogP contribution is 2.47. The molecule has 194 valence electrons. The summed E-state index contributed by atoms with van der Waals surface area (Å²) in [6, 6.07) is 8.41. The molecule has 2 fully saturated rings. The van der Waals surface area contributed by atoms with Crippen molar-refractivity contribution in [3.05, 3.63) is 64.3 Å². The summed E-state index contributed by atoms with van der Waals surface area (Å²) in [5.41, 5.74) is 0.208. The summed E-state index contributed by atoms with van der Waals surface area (Å²) < 4.78 is 27.8. The number of hydrogen-bond donors (Lipinski definition) is 3. The van der Waals surface area contributed by atoms with Crippen LogP contribution < -0.4 is 10.6 Å². The van der Waals surface area contributed by atoms with Gasteiger partial charge in [0.25, 0.3) is 5.91 Å². The number of benzene rings is 2. The second-order valence-electron chi connectivity index (χ2n) is 10.3. The van der Waals surface area contributed by atoms with Crippen molar-refractivity contribution >= 4 is 45.9 Å². The van der Waals surface area contributed by atoms with Gasteiger partial charge in [0, 0.05) is 35.1 Å². The molecule has 11 heteroatoms. The van der Waals surface area contributed by atoms with Crippen molar-refractivity contribution in [3.63, 3.8) is 0 Å². The van der Waals surface area contributed by atoms with Gasteiger partial charge in [0.05, 0.1) is 17.0 Å². The topological polar surface area (TPSA) is 118 Å². The first kappa shape index (κ1) is 24.4. The monoisotopic (exact) mass is 537 g/mol. The number of amides is 3. The van der Waals surface area contributed by atoms with Gasteiger partial charge in [-0.05, 0) is 48.2 Å². The van der Waals surface area contributed by atoms with E-state index in [1.165, 1.54) is 11.0 Å². The standard InChI is InChI=1S/C27H22ClF2N5O3/c28-14-3-4-20-18(6-14)27(26(38)34-20)10-16(11-31)35(12-27)25(37)23(5-13-1-2-13)33-24(36)22-9-17-19(30)7-15(29)8-21(17)32-22/h3-4,6-9,13,16,23,32H,1-2,5,10,12H2,(H,33,36)(H,34,38)/t16-,23-,27-/m0/s1. The van der Waals surface area contributed by atoms with Crippen LogP contribution in [-0.4, -0.2) is 46.2 Å². The molecule has 3 heterocycles. The summed E-state index contributed by atoms with van der Waals surface area (Å²) in [4.78, 5) is 44.1. The van der Waals surface area contributed by atoms with E-state index in [2.05, 4.69) is 21.7 Å². The first-order chi connectivity index (χ1) is 18.2. The number of likely N-dealkylation sites (tertiary alicyclic amines) is 1. The Morgan fingerprint density at radius 1 is 1.24 bits per heavy atom. The zero-order valence-electron chi connectivity index (χ0n) is 20.0. The summed E-state index contributed by atoms with van der Waals surface area (Å²) in [5.74, 6) is -2.78. The van der Waals surface area contributed by atoms with Gasteiger partial charge in [0.15, 0.2) is 0 Å². The van der Waals surface area contributed by atoms with E-state index in [1.807, 2.05) is 0 Å². The van der Waals surface area contributed by atoms with Crippen LogP contribution in [0.4, 0.5) is 14.5 Å². The number of H-pyrrole nitrogens is 1. The van der Waals surface area contributed by atoms with Crippen molar-refractivity contribution < 1.29 is 23.2 Å². The van der Waals surface area contributed by atoms with Crippen LogP contribution in [0.1, 0.15) is 41.7 Å². The lowest BCUT2D eigenvalue weighted by molar-refractivity contribution is -0.133. The summed E-state index contributed by atoms with van der Waals surface area (Å²) in [6.45, 7) is -0.0306. The molecule has 2 aliphatic heterocycles. The molecule has 1 saturated heterocycles. The highest BCUT2D eigenvalue weighted by molar-refractivity contribution is 6.31. The molecule has 8 nitrogen and oxygen atoms in total. The lowest BCUT2D eigenvalue weighted by Crippen LogP contribution is -2.51. The minimum absolute atomic E-state index is 0.0217. The molecule has 38 heavy (non-hydrogen) atoms. The van der Waals surface area contributed by atoms with Crippen LogP contribution in [0, 0.1) is 28.9 Å². The third-order valence-corrected chi connectivity index (χ3v) is 7.97. The molecule has 3 amide bonds. The quantitative estimate of drug-likeness (QED) is 0.455. The maximum atomic E-state index is 14.2. The van der Waals surface area contributed by atoms with Gasteiger partial charge < -0.3 is 20.5 Å². The second-order valence-corrected chi connectivity index (χ2v) is 10.7. The van der Waals surface area contributed by atoms with Gasteiger partial charge >= 0.3 is 0 Å². The number of hydrogen-bond acceptors (Lipinski definition) is 4. The molecule has 0 radical (unpaired) electrons. The molecular weight excluding hydrogens is 516 g/mol. The SMILES string of the molecule is N#C[C@@H]1C[C@@]2(CN1C(=O)[C@H](CC1CC1)NC(=O)c1cc3c(F)cc(F)cc3[nH]1)C(=O)Nc1ccc(Cl)cc12. The molecule has 3 aromatic rings. The van der Waals surface area contributed by atoms with Crippen LogP contribution in [0.25, 0.3) is 10.9 Å². The van der Waals surface area contributed by atoms with Gasteiger partial charge in [-0.15, -0.1) is 0 Å². The number of aromatic nitrogens is 1. The summed E-state index contributed by atoms with van der Waals surface area (Å²) in [7, 11) is 0. The second kappa shape index (κ2) is 8.81. The van der Waals surface area contributed by atoms with Crippen molar-refractivity contribution in [2.75, 3.05) is 11.9 Å². The summed E-state index contributed by atoms with van der Waals surface area (Å²) in [5, 5.41) is 16.0. The van der Waals surface area contributed by atoms with Gasteiger partial charge in [-0.3, -0.25) is 14.4 Å². The Kier molecular flexibility index (Phi) is 5.65. The smallest absolute Gasteiger partial charge is 0.268 e. The molecule has 2 aromatic carbocycles. The summed E-state index contributed by atoms with van der Waals surface area (Å²) >= 11 is 6.20. The van der Waals surface area contributed by atoms with Gasteiger partial charge in [-0.25, -0.2) is 8.78 Å². The molecule has 1 saturated carbocycles. The van der Waals surface area contributed by atoms with E-state index in [4.69, 9.17) is 11.6 Å². The fourth-order valence-electron chi connectivity index (χ4n) is 5.63. The Hall–Kier alpha value is -3.97. The number of fused-ring (bicyclic) bond motifs is 3. The van der Waals surface area contributed by atoms with E-state index >= 15 is 0 Å². The van der Waals surface area contributed by atoms with Crippen molar-refractivity contribution in [2.24, 2.45) is 5.92 Å². The number of aromatic amines is 1. The van der Waals surface area contributed by atoms with Crippen LogP contribution >= 0.6 is 11.6 Å². The van der Waals surface area contributed by atoms with E-state index in [-0.39, 0.29) is 41.4 Å². The normalized spacial score (nSPS) is 22.8. The fourth-order valence-corrected chi connectivity index (χ4v) is 5.80.